The predicted molar refractivity (Wildman–Crippen MR) is 141 cm³/mol. The second kappa shape index (κ2) is 11.0. The van der Waals surface area contributed by atoms with Crippen LogP contribution in [0.2, 0.25) is 0 Å². The maximum atomic E-state index is 12.2. The summed E-state index contributed by atoms with van der Waals surface area (Å²) < 4.78 is 17.1. The molecule has 190 valence electrons. The van der Waals surface area contributed by atoms with Crippen LogP contribution in [-0.4, -0.2) is 29.3 Å². The Labute approximate surface area is 216 Å². The lowest BCUT2D eigenvalue weighted by atomic mass is 9.72. The number of carbonyl (C=O) groups is 1. The summed E-state index contributed by atoms with van der Waals surface area (Å²) in [4.78, 5) is 16.7. The summed E-state index contributed by atoms with van der Waals surface area (Å²) >= 11 is 0. The van der Waals surface area contributed by atoms with Gasteiger partial charge >= 0.3 is 5.97 Å². The number of oxazole rings is 1. The molecule has 1 fully saturated rings. The number of rotatable bonds is 8. The van der Waals surface area contributed by atoms with Gasteiger partial charge in [0.15, 0.2) is 12.4 Å². The molecule has 37 heavy (non-hydrogen) atoms. The zero-order valence-corrected chi connectivity index (χ0v) is 20.9. The zero-order chi connectivity index (χ0) is 25.7. The molecule has 6 heteroatoms. The van der Waals surface area contributed by atoms with Gasteiger partial charge in [0.1, 0.15) is 17.0 Å². The predicted octanol–water partition coefficient (Wildman–Crippen LogP) is 6.50. The van der Waals surface area contributed by atoms with E-state index < -0.39 is 11.6 Å². The van der Waals surface area contributed by atoms with Crippen LogP contribution in [0.1, 0.15) is 50.0 Å². The summed E-state index contributed by atoms with van der Waals surface area (Å²) in [7, 11) is 0. The topological polar surface area (TPSA) is 81.8 Å². The van der Waals surface area contributed by atoms with Crippen molar-refractivity contribution in [1.29, 1.82) is 0 Å². The molecule has 0 saturated heterocycles. The first-order valence-corrected chi connectivity index (χ1v) is 12.8. The van der Waals surface area contributed by atoms with Crippen molar-refractivity contribution in [3.63, 3.8) is 0 Å². The first-order chi connectivity index (χ1) is 18.1. The average molecular weight is 498 g/mol. The fraction of sp³-hybridized carbons (Fsp3) is 0.290. The smallest absolute Gasteiger partial charge is 0.344 e. The van der Waals surface area contributed by atoms with E-state index >= 15 is 0 Å². The second-order valence-electron chi connectivity index (χ2n) is 9.32. The van der Waals surface area contributed by atoms with Crippen molar-refractivity contribution in [1.82, 2.24) is 4.98 Å². The molecule has 0 amide bonds. The van der Waals surface area contributed by atoms with E-state index in [9.17, 15) is 9.90 Å². The summed E-state index contributed by atoms with van der Waals surface area (Å²) in [6.45, 7) is 1.91. The van der Waals surface area contributed by atoms with Gasteiger partial charge in [-0.15, -0.1) is 0 Å². The summed E-state index contributed by atoms with van der Waals surface area (Å²) in [6.07, 6.45) is 3.17. The zero-order valence-electron chi connectivity index (χ0n) is 20.9. The van der Waals surface area contributed by atoms with Crippen LogP contribution in [0.3, 0.4) is 0 Å². The summed E-state index contributed by atoms with van der Waals surface area (Å²) in [5.74, 6) is 0.877. The van der Waals surface area contributed by atoms with Gasteiger partial charge in [0.2, 0.25) is 5.89 Å². The molecule has 1 aromatic heterocycles. The first-order valence-electron chi connectivity index (χ1n) is 12.8. The van der Waals surface area contributed by atoms with Gasteiger partial charge in [-0.25, -0.2) is 9.78 Å². The fourth-order valence-corrected chi connectivity index (χ4v) is 5.10. The first kappa shape index (κ1) is 24.8. The maximum Gasteiger partial charge on any atom is 0.344 e. The number of aromatic nitrogens is 1. The van der Waals surface area contributed by atoms with Gasteiger partial charge in [0.25, 0.3) is 0 Å². The van der Waals surface area contributed by atoms with Crippen molar-refractivity contribution >= 4 is 5.97 Å². The molecule has 1 saturated carbocycles. The minimum atomic E-state index is -1.28. The van der Waals surface area contributed by atoms with E-state index in [2.05, 4.69) is 0 Å². The molecular formula is C31H31NO5. The summed E-state index contributed by atoms with van der Waals surface area (Å²) in [5, 5.41) is 12.2. The number of hydrogen-bond acceptors (Lipinski definition) is 6. The molecule has 0 radical (unpaired) electrons. The standard InChI is InChI=1S/C31H31NO5/c1-2-35-27(33)21-36-25-17-11-16-24(20-25)26-18-9-10-19-31(26,34)30-32-28(22-12-5-3-6-13-22)29(37-30)23-14-7-4-8-15-23/h3-8,11-17,20,26,34H,2,9-10,18-19,21H2,1H3. The number of ether oxygens (including phenoxy) is 2. The Morgan fingerprint density at radius 1 is 1.00 bits per heavy atom. The van der Waals surface area contributed by atoms with Crippen molar-refractivity contribution in [2.45, 2.75) is 44.1 Å². The molecule has 0 bridgehead atoms. The minimum absolute atomic E-state index is 0.160. The van der Waals surface area contributed by atoms with Crippen LogP contribution < -0.4 is 4.74 Å². The van der Waals surface area contributed by atoms with Crippen molar-refractivity contribution in [3.05, 3.63) is 96.4 Å². The maximum absolute atomic E-state index is 12.2. The van der Waals surface area contributed by atoms with E-state index in [1.807, 2.05) is 78.9 Å². The lowest BCUT2D eigenvalue weighted by Gasteiger charge is -2.38. The van der Waals surface area contributed by atoms with Crippen molar-refractivity contribution in [2.75, 3.05) is 13.2 Å². The van der Waals surface area contributed by atoms with Crippen LogP contribution in [0.5, 0.6) is 5.75 Å². The highest BCUT2D eigenvalue weighted by atomic mass is 16.6. The lowest BCUT2D eigenvalue weighted by Crippen LogP contribution is -2.36. The minimum Gasteiger partial charge on any atom is -0.482 e. The lowest BCUT2D eigenvalue weighted by molar-refractivity contribution is -0.145. The second-order valence-corrected chi connectivity index (χ2v) is 9.32. The molecule has 2 unspecified atom stereocenters. The van der Waals surface area contributed by atoms with E-state index in [4.69, 9.17) is 18.9 Å². The Balaban J connectivity index is 1.52. The molecule has 1 heterocycles. The van der Waals surface area contributed by atoms with E-state index in [-0.39, 0.29) is 12.5 Å². The molecule has 1 aliphatic rings. The normalized spacial score (nSPS) is 19.4. The monoisotopic (exact) mass is 497 g/mol. The largest absolute Gasteiger partial charge is 0.482 e. The summed E-state index contributed by atoms with van der Waals surface area (Å²) in [6, 6.07) is 27.3. The Bertz CT molecular complexity index is 1280. The third-order valence-corrected chi connectivity index (χ3v) is 6.88. The molecule has 1 aliphatic carbocycles. The van der Waals surface area contributed by atoms with Gasteiger partial charge in [0, 0.05) is 17.0 Å². The molecule has 0 spiro atoms. The van der Waals surface area contributed by atoms with Gasteiger partial charge in [0.05, 0.1) is 6.61 Å². The number of benzene rings is 3. The Morgan fingerprint density at radius 2 is 1.73 bits per heavy atom. The average Bonchev–Trinajstić information content (AvgIpc) is 3.40. The molecule has 4 aromatic rings. The van der Waals surface area contributed by atoms with Crippen LogP contribution in [0.4, 0.5) is 0 Å². The molecule has 3 aromatic carbocycles. The van der Waals surface area contributed by atoms with Crippen LogP contribution in [0, 0.1) is 0 Å². The van der Waals surface area contributed by atoms with Gasteiger partial charge < -0.3 is 19.0 Å². The number of nitrogens with zero attached hydrogens (tertiary/aromatic N) is 1. The van der Waals surface area contributed by atoms with E-state index in [0.29, 0.717) is 36.1 Å². The van der Waals surface area contributed by atoms with Crippen LogP contribution in [-0.2, 0) is 15.1 Å². The Morgan fingerprint density at radius 3 is 2.46 bits per heavy atom. The van der Waals surface area contributed by atoms with Crippen molar-refractivity contribution < 1.29 is 23.8 Å². The molecule has 0 aliphatic heterocycles. The van der Waals surface area contributed by atoms with Gasteiger partial charge in [-0.2, -0.15) is 0 Å². The van der Waals surface area contributed by atoms with Crippen LogP contribution in [0.15, 0.2) is 89.3 Å². The van der Waals surface area contributed by atoms with Crippen LogP contribution >= 0.6 is 0 Å². The van der Waals surface area contributed by atoms with Gasteiger partial charge in [-0.3, -0.25) is 0 Å². The van der Waals surface area contributed by atoms with E-state index in [0.717, 1.165) is 36.0 Å². The highest BCUT2D eigenvalue weighted by Gasteiger charge is 2.46. The number of aliphatic hydroxyl groups is 1. The molecule has 2 atom stereocenters. The van der Waals surface area contributed by atoms with Gasteiger partial charge in [-0.05, 0) is 43.9 Å². The van der Waals surface area contributed by atoms with Crippen molar-refractivity contribution in [3.8, 4) is 28.3 Å². The third kappa shape index (κ3) is 5.30. The molecular weight excluding hydrogens is 466 g/mol. The SMILES string of the molecule is CCOC(=O)COc1cccc(C2CCCCC2(O)c2nc(-c3ccccc3)c(-c3ccccc3)o2)c1. The molecule has 1 N–H and O–H groups in total. The number of hydrogen-bond donors (Lipinski definition) is 1. The van der Waals surface area contributed by atoms with Crippen molar-refractivity contribution in [2.24, 2.45) is 0 Å². The number of carbonyl (C=O) groups excluding carboxylic acids is 1. The molecule has 5 rings (SSSR count). The van der Waals surface area contributed by atoms with E-state index in [1.54, 1.807) is 13.0 Å². The summed E-state index contributed by atoms with van der Waals surface area (Å²) in [5.41, 5.74) is 2.19. The Hall–Kier alpha value is -3.90. The third-order valence-electron chi connectivity index (χ3n) is 6.88. The fourth-order valence-electron chi connectivity index (χ4n) is 5.10. The van der Waals surface area contributed by atoms with Crippen LogP contribution in [0.25, 0.3) is 22.6 Å². The van der Waals surface area contributed by atoms with Gasteiger partial charge in [-0.1, -0.05) is 79.2 Å². The molecule has 6 nitrogen and oxygen atoms in total. The van der Waals surface area contributed by atoms with E-state index in [1.165, 1.54) is 0 Å². The number of esters is 1. The Kier molecular flexibility index (Phi) is 7.37. The quantitative estimate of drug-likeness (QED) is 0.280. The highest BCUT2D eigenvalue weighted by molar-refractivity contribution is 5.77. The highest BCUT2D eigenvalue weighted by Crippen LogP contribution is 2.49.